The third-order valence-electron chi connectivity index (χ3n) is 12.2. The summed E-state index contributed by atoms with van der Waals surface area (Å²) >= 11 is 0. The van der Waals surface area contributed by atoms with Crippen molar-refractivity contribution < 1.29 is 0 Å². The molecule has 10 aromatic carbocycles. The summed E-state index contributed by atoms with van der Waals surface area (Å²) in [6, 6.07) is 72.2. The smallest absolute Gasteiger partial charge is 0.0159 e. The number of benzene rings is 10. The zero-order valence-electron chi connectivity index (χ0n) is 31.0. The van der Waals surface area contributed by atoms with Crippen molar-refractivity contribution in [2.45, 2.75) is 19.3 Å². The van der Waals surface area contributed by atoms with E-state index >= 15 is 0 Å². The highest BCUT2D eigenvalue weighted by molar-refractivity contribution is 6.28. The zero-order chi connectivity index (χ0) is 36.7. The third kappa shape index (κ3) is 4.85. The lowest BCUT2D eigenvalue weighted by molar-refractivity contribution is 0.661. The van der Waals surface area contributed by atoms with E-state index in [1.165, 1.54) is 110 Å². The molecule has 0 bridgehead atoms. The van der Waals surface area contributed by atoms with E-state index in [0.29, 0.717) is 0 Å². The van der Waals surface area contributed by atoms with E-state index in [1.807, 2.05) is 0 Å². The summed E-state index contributed by atoms with van der Waals surface area (Å²) in [6.45, 7) is 4.76. The monoisotopic (exact) mass is 698 g/mol. The molecule has 258 valence electrons. The second kappa shape index (κ2) is 12.1. The standard InChI is InChI=1S/C55H38/c1-55(2)50-34-40(28-29-44(50)49-32-38-18-6-7-19-39(38)33-51(49)55)37-20-14-21-41(31-37)52-46-25-12-13-26-47(46)54(53-43-23-9-8-17-36(43)27-30-48(52)53)45-24-11-10-22-42(45)35-15-4-3-5-16-35/h3-34H,1-2H3. The van der Waals surface area contributed by atoms with Crippen LogP contribution in [0.25, 0.3) is 98.7 Å². The van der Waals surface area contributed by atoms with Gasteiger partial charge in [-0.05, 0) is 134 Å². The highest BCUT2D eigenvalue weighted by Gasteiger charge is 2.36. The van der Waals surface area contributed by atoms with Crippen LogP contribution >= 0.6 is 0 Å². The maximum Gasteiger partial charge on any atom is 0.0159 e. The first kappa shape index (κ1) is 31.7. The fourth-order valence-electron chi connectivity index (χ4n) is 9.56. The molecule has 0 atom stereocenters. The minimum absolute atomic E-state index is 0.0956. The molecule has 0 fully saturated rings. The second-order valence-corrected chi connectivity index (χ2v) is 15.6. The van der Waals surface area contributed by atoms with Crippen molar-refractivity contribution in [1.82, 2.24) is 0 Å². The summed E-state index contributed by atoms with van der Waals surface area (Å²) in [5.41, 5.74) is 15.4. The van der Waals surface area contributed by atoms with Crippen LogP contribution in [0.2, 0.25) is 0 Å². The maximum atomic E-state index is 2.45. The lowest BCUT2D eigenvalue weighted by Crippen LogP contribution is -2.15. The average Bonchev–Trinajstić information content (AvgIpc) is 3.46. The van der Waals surface area contributed by atoms with Crippen molar-refractivity contribution in [1.29, 1.82) is 0 Å². The third-order valence-corrected chi connectivity index (χ3v) is 12.2. The predicted molar refractivity (Wildman–Crippen MR) is 236 cm³/mol. The Hall–Kier alpha value is -6.76. The maximum absolute atomic E-state index is 2.45. The van der Waals surface area contributed by atoms with Gasteiger partial charge in [0.2, 0.25) is 0 Å². The molecule has 0 saturated carbocycles. The first-order valence-electron chi connectivity index (χ1n) is 19.3. The number of hydrogen-bond donors (Lipinski definition) is 0. The Bertz CT molecular complexity index is 3160. The van der Waals surface area contributed by atoms with Crippen LogP contribution in [-0.4, -0.2) is 0 Å². The molecular weight excluding hydrogens is 661 g/mol. The van der Waals surface area contributed by atoms with Gasteiger partial charge in [-0.15, -0.1) is 0 Å². The van der Waals surface area contributed by atoms with Crippen LogP contribution in [0, 0.1) is 0 Å². The fraction of sp³-hybridized carbons (Fsp3) is 0.0545. The second-order valence-electron chi connectivity index (χ2n) is 15.6. The highest BCUT2D eigenvalue weighted by atomic mass is 14.4. The van der Waals surface area contributed by atoms with E-state index in [1.54, 1.807) is 0 Å². The van der Waals surface area contributed by atoms with E-state index in [2.05, 4.69) is 208 Å². The first-order chi connectivity index (χ1) is 27.0. The van der Waals surface area contributed by atoms with E-state index in [-0.39, 0.29) is 5.41 Å². The number of rotatable bonds is 4. The van der Waals surface area contributed by atoms with Crippen LogP contribution in [0.1, 0.15) is 25.0 Å². The van der Waals surface area contributed by atoms with Gasteiger partial charge in [-0.3, -0.25) is 0 Å². The molecule has 0 aliphatic heterocycles. The minimum atomic E-state index is -0.0956. The minimum Gasteiger partial charge on any atom is -0.0622 e. The Balaban J connectivity index is 1.14. The lowest BCUT2D eigenvalue weighted by Gasteiger charge is -2.23. The van der Waals surface area contributed by atoms with Crippen LogP contribution in [0.4, 0.5) is 0 Å². The molecule has 0 unspecified atom stereocenters. The predicted octanol–water partition coefficient (Wildman–Crippen LogP) is 15.3. The molecule has 0 aromatic heterocycles. The fourth-order valence-corrected chi connectivity index (χ4v) is 9.56. The van der Waals surface area contributed by atoms with Crippen LogP contribution in [-0.2, 0) is 5.41 Å². The van der Waals surface area contributed by atoms with E-state index < -0.39 is 0 Å². The Morgan fingerprint density at radius 1 is 0.291 bits per heavy atom. The van der Waals surface area contributed by atoms with Crippen molar-refractivity contribution in [2.24, 2.45) is 0 Å². The molecule has 11 rings (SSSR count). The largest absolute Gasteiger partial charge is 0.0622 e. The normalized spacial score (nSPS) is 13.1. The molecule has 1 aliphatic carbocycles. The molecule has 0 heterocycles. The van der Waals surface area contributed by atoms with Crippen molar-refractivity contribution >= 4 is 43.1 Å². The molecule has 1 aliphatic rings. The van der Waals surface area contributed by atoms with Crippen molar-refractivity contribution in [3.8, 4) is 55.6 Å². The topological polar surface area (TPSA) is 0 Å². The van der Waals surface area contributed by atoms with Gasteiger partial charge < -0.3 is 0 Å². The quantitative estimate of drug-likeness (QED) is 0.127. The summed E-state index contributed by atoms with van der Waals surface area (Å²) in [4.78, 5) is 0. The van der Waals surface area contributed by atoms with Crippen molar-refractivity contribution in [3.05, 3.63) is 205 Å². The summed E-state index contributed by atoms with van der Waals surface area (Å²) < 4.78 is 0. The van der Waals surface area contributed by atoms with Gasteiger partial charge in [0.1, 0.15) is 0 Å². The Morgan fingerprint density at radius 3 is 1.67 bits per heavy atom. The molecule has 0 N–H and O–H groups in total. The van der Waals surface area contributed by atoms with E-state index in [9.17, 15) is 0 Å². The van der Waals surface area contributed by atoms with Gasteiger partial charge in [-0.25, -0.2) is 0 Å². The van der Waals surface area contributed by atoms with E-state index in [4.69, 9.17) is 0 Å². The molecular formula is C55H38. The van der Waals surface area contributed by atoms with Gasteiger partial charge in [0, 0.05) is 5.41 Å². The summed E-state index contributed by atoms with van der Waals surface area (Å²) in [5, 5.41) is 10.2. The highest BCUT2D eigenvalue weighted by Crippen LogP contribution is 2.52. The molecule has 0 spiro atoms. The van der Waals surface area contributed by atoms with E-state index in [0.717, 1.165) is 0 Å². The molecule has 55 heavy (non-hydrogen) atoms. The van der Waals surface area contributed by atoms with Crippen LogP contribution in [0.5, 0.6) is 0 Å². The SMILES string of the molecule is CC1(C)c2cc(-c3cccc(-c4c5ccccc5c(-c5ccccc5-c5ccccc5)c5c4ccc4ccccc45)c3)ccc2-c2cc3ccccc3cc21. The summed E-state index contributed by atoms with van der Waals surface area (Å²) in [6.07, 6.45) is 0. The van der Waals surface area contributed by atoms with Gasteiger partial charge in [-0.1, -0.05) is 184 Å². The van der Waals surface area contributed by atoms with Crippen molar-refractivity contribution in [3.63, 3.8) is 0 Å². The van der Waals surface area contributed by atoms with Crippen LogP contribution < -0.4 is 0 Å². The zero-order valence-corrected chi connectivity index (χ0v) is 31.0. The Labute approximate surface area is 322 Å². The first-order valence-corrected chi connectivity index (χ1v) is 19.3. The Morgan fingerprint density at radius 2 is 0.873 bits per heavy atom. The molecule has 0 heteroatoms. The molecule has 0 amide bonds. The van der Waals surface area contributed by atoms with Gasteiger partial charge >= 0.3 is 0 Å². The lowest BCUT2D eigenvalue weighted by atomic mass is 9.80. The molecule has 0 saturated heterocycles. The number of hydrogen-bond acceptors (Lipinski definition) is 0. The molecule has 0 nitrogen and oxygen atoms in total. The van der Waals surface area contributed by atoms with Gasteiger partial charge in [0.15, 0.2) is 0 Å². The number of fused-ring (bicyclic) bond motifs is 8. The van der Waals surface area contributed by atoms with Gasteiger partial charge in [0.05, 0.1) is 0 Å². The van der Waals surface area contributed by atoms with Gasteiger partial charge in [0.25, 0.3) is 0 Å². The molecule has 10 aromatic rings. The summed E-state index contributed by atoms with van der Waals surface area (Å²) in [7, 11) is 0. The van der Waals surface area contributed by atoms with Crippen molar-refractivity contribution in [2.75, 3.05) is 0 Å². The van der Waals surface area contributed by atoms with Crippen LogP contribution in [0.3, 0.4) is 0 Å². The molecule has 0 radical (unpaired) electrons. The average molecular weight is 699 g/mol. The Kier molecular flexibility index (Phi) is 7.00. The van der Waals surface area contributed by atoms with Gasteiger partial charge in [-0.2, -0.15) is 0 Å². The van der Waals surface area contributed by atoms with Crippen LogP contribution in [0.15, 0.2) is 194 Å². The summed E-state index contributed by atoms with van der Waals surface area (Å²) in [5.74, 6) is 0.